The van der Waals surface area contributed by atoms with Gasteiger partial charge in [-0.25, -0.2) is 4.98 Å². The highest BCUT2D eigenvalue weighted by Gasteiger charge is 2.17. The zero-order chi connectivity index (χ0) is 15.2. The second kappa shape index (κ2) is 4.93. The molecule has 114 valence electrons. The van der Waals surface area contributed by atoms with Gasteiger partial charge in [0.15, 0.2) is 5.82 Å². The van der Waals surface area contributed by atoms with Crippen molar-refractivity contribution in [3.8, 4) is 0 Å². The van der Waals surface area contributed by atoms with Crippen LogP contribution in [0.5, 0.6) is 0 Å². The molecule has 0 saturated carbocycles. The van der Waals surface area contributed by atoms with Gasteiger partial charge in [0.2, 0.25) is 0 Å². The topological polar surface area (TPSA) is 45.5 Å². The normalized spacial score (nSPS) is 15.7. The number of piperazine rings is 1. The third-order valence-electron chi connectivity index (χ3n) is 4.60. The maximum absolute atomic E-state index is 5.00. The number of hydrogen-bond acceptors (Lipinski definition) is 4. The number of fused-ring (bicyclic) bond motifs is 5. The van der Waals surface area contributed by atoms with E-state index in [1.807, 2.05) is 12.3 Å². The summed E-state index contributed by atoms with van der Waals surface area (Å²) in [5.41, 5.74) is 4.32. The number of aromatic nitrogens is 3. The van der Waals surface area contributed by atoms with Crippen LogP contribution < -0.4 is 10.2 Å². The van der Waals surface area contributed by atoms with Crippen LogP contribution in [-0.2, 0) is 0 Å². The van der Waals surface area contributed by atoms with Crippen LogP contribution >= 0.6 is 0 Å². The Hall–Kier alpha value is -2.66. The van der Waals surface area contributed by atoms with Gasteiger partial charge in [0.1, 0.15) is 0 Å². The largest absolute Gasteiger partial charge is 0.352 e. The first-order chi connectivity index (χ1) is 11.4. The molecule has 3 aromatic heterocycles. The van der Waals surface area contributed by atoms with Gasteiger partial charge < -0.3 is 14.6 Å². The molecule has 0 unspecified atom stereocenters. The monoisotopic (exact) mass is 303 g/mol. The summed E-state index contributed by atoms with van der Waals surface area (Å²) in [6.07, 6.45) is 3.96. The van der Waals surface area contributed by atoms with Crippen molar-refractivity contribution in [1.29, 1.82) is 0 Å². The predicted molar refractivity (Wildman–Crippen MR) is 93.1 cm³/mol. The fraction of sp³-hybridized carbons (Fsp3) is 0.222. The highest BCUT2D eigenvalue weighted by Crippen LogP contribution is 2.29. The van der Waals surface area contributed by atoms with Gasteiger partial charge in [0.05, 0.1) is 22.1 Å². The van der Waals surface area contributed by atoms with Gasteiger partial charge in [-0.1, -0.05) is 0 Å². The molecule has 0 bridgehead atoms. The van der Waals surface area contributed by atoms with E-state index in [1.165, 1.54) is 0 Å². The SMILES string of the molecule is c1cnc2ccc3nc(N4CCNCC4)c4cccn4c3c2c1. The Kier molecular flexibility index (Phi) is 2.75. The van der Waals surface area contributed by atoms with Crippen LogP contribution in [0.2, 0.25) is 0 Å². The molecule has 4 heterocycles. The Labute approximate surface area is 133 Å². The quantitative estimate of drug-likeness (QED) is 0.549. The molecule has 1 saturated heterocycles. The van der Waals surface area contributed by atoms with Gasteiger partial charge in [-0.2, -0.15) is 0 Å². The molecule has 1 aliphatic rings. The van der Waals surface area contributed by atoms with E-state index < -0.39 is 0 Å². The Balaban J connectivity index is 1.87. The third kappa shape index (κ3) is 1.90. The molecule has 0 aliphatic carbocycles. The van der Waals surface area contributed by atoms with Crippen LogP contribution in [0.4, 0.5) is 5.82 Å². The van der Waals surface area contributed by atoms with Crippen LogP contribution in [0.25, 0.3) is 27.5 Å². The van der Waals surface area contributed by atoms with E-state index in [-0.39, 0.29) is 0 Å². The zero-order valence-electron chi connectivity index (χ0n) is 12.7. The lowest BCUT2D eigenvalue weighted by Crippen LogP contribution is -2.44. The van der Waals surface area contributed by atoms with E-state index in [4.69, 9.17) is 4.98 Å². The lowest BCUT2D eigenvalue weighted by Gasteiger charge is -2.29. The molecule has 0 amide bonds. The van der Waals surface area contributed by atoms with Crippen molar-refractivity contribution in [3.05, 3.63) is 48.8 Å². The Morgan fingerprint density at radius 1 is 0.957 bits per heavy atom. The molecule has 1 aromatic carbocycles. The third-order valence-corrected chi connectivity index (χ3v) is 4.60. The predicted octanol–water partition coefficient (Wildman–Crippen LogP) is 2.45. The van der Waals surface area contributed by atoms with Gasteiger partial charge in [0, 0.05) is 44.0 Å². The summed E-state index contributed by atoms with van der Waals surface area (Å²) >= 11 is 0. The van der Waals surface area contributed by atoms with Gasteiger partial charge >= 0.3 is 0 Å². The molecule has 0 radical (unpaired) electrons. The molecule has 4 aromatic rings. The maximum atomic E-state index is 5.00. The molecule has 5 nitrogen and oxygen atoms in total. The minimum absolute atomic E-state index is 0.995. The number of anilines is 1. The first kappa shape index (κ1) is 12.8. The smallest absolute Gasteiger partial charge is 0.153 e. The summed E-state index contributed by atoms with van der Waals surface area (Å²) in [5, 5.41) is 4.55. The Morgan fingerprint density at radius 3 is 2.74 bits per heavy atom. The van der Waals surface area contributed by atoms with Crippen LogP contribution in [0.1, 0.15) is 0 Å². The van der Waals surface area contributed by atoms with Crippen molar-refractivity contribution >= 4 is 33.3 Å². The number of rotatable bonds is 1. The summed E-state index contributed by atoms with van der Waals surface area (Å²) < 4.78 is 2.25. The minimum Gasteiger partial charge on any atom is -0.352 e. The molecule has 23 heavy (non-hydrogen) atoms. The van der Waals surface area contributed by atoms with E-state index in [2.05, 4.69) is 56.1 Å². The van der Waals surface area contributed by atoms with E-state index >= 15 is 0 Å². The number of nitrogens with zero attached hydrogens (tertiary/aromatic N) is 4. The second-order valence-corrected chi connectivity index (χ2v) is 5.94. The lowest BCUT2D eigenvalue weighted by molar-refractivity contribution is 0.586. The minimum atomic E-state index is 0.995. The average molecular weight is 303 g/mol. The van der Waals surface area contributed by atoms with Gasteiger partial charge in [-0.15, -0.1) is 0 Å². The van der Waals surface area contributed by atoms with Crippen molar-refractivity contribution in [2.75, 3.05) is 31.1 Å². The van der Waals surface area contributed by atoms with Crippen LogP contribution in [0.15, 0.2) is 48.8 Å². The molecule has 5 heteroatoms. The van der Waals surface area contributed by atoms with Crippen LogP contribution in [0, 0.1) is 0 Å². The van der Waals surface area contributed by atoms with Gasteiger partial charge in [-0.3, -0.25) is 4.98 Å². The van der Waals surface area contributed by atoms with E-state index in [0.717, 1.165) is 59.4 Å². The molecule has 1 N–H and O–H groups in total. The molecular weight excluding hydrogens is 286 g/mol. The standard InChI is InChI=1S/C18H17N5/c1-3-13-14(20-7-1)5-6-15-17(13)23-10-2-4-16(23)18(21-15)22-11-8-19-9-12-22/h1-7,10,19H,8-9,11-12H2. The molecule has 0 atom stereocenters. The van der Waals surface area contributed by atoms with Gasteiger partial charge in [0.25, 0.3) is 0 Å². The molecule has 1 aliphatic heterocycles. The van der Waals surface area contributed by atoms with Crippen LogP contribution in [0.3, 0.4) is 0 Å². The summed E-state index contributed by atoms with van der Waals surface area (Å²) in [7, 11) is 0. The maximum Gasteiger partial charge on any atom is 0.153 e. The lowest BCUT2D eigenvalue weighted by atomic mass is 10.1. The van der Waals surface area contributed by atoms with Crippen molar-refractivity contribution in [2.45, 2.75) is 0 Å². The van der Waals surface area contributed by atoms with Crippen molar-refractivity contribution in [2.24, 2.45) is 0 Å². The van der Waals surface area contributed by atoms with Crippen molar-refractivity contribution < 1.29 is 0 Å². The second-order valence-electron chi connectivity index (χ2n) is 5.94. The highest BCUT2D eigenvalue weighted by atomic mass is 15.2. The summed E-state index contributed by atoms with van der Waals surface area (Å²) in [5.74, 6) is 1.08. The molecule has 5 rings (SSSR count). The van der Waals surface area contributed by atoms with Gasteiger partial charge in [-0.05, 0) is 36.4 Å². The number of hydrogen-bond donors (Lipinski definition) is 1. The summed E-state index contributed by atoms with van der Waals surface area (Å²) in [4.78, 5) is 11.8. The average Bonchev–Trinajstić information content (AvgIpc) is 3.11. The summed E-state index contributed by atoms with van der Waals surface area (Å²) in [6, 6.07) is 12.5. The Morgan fingerprint density at radius 2 is 1.83 bits per heavy atom. The number of nitrogens with one attached hydrogen (secondary N) is 1. The number of pyridine rings is 1. The molecule has 0 spiro atoms. The van der Waals surface area contributed by atoms with Crippen molar-refractivity contribution in [3.63, 3.8) is 0 Å². The van der Waals surface area contributed by atoms with E-state index in [0.29, 0.717) is 0 Å². The first-order valence-corrected chi connectivity index (χ1v) is 8.02. The molecule has 1 fully saturated rings. The Bertz CT molecular complexity index is 1010. The van der Waals surface area contributed by atoms with E-state index in [9.17, 15) is 0 Å². The zero-order valence-corrected chi connectivity index (χ0v) is 12.7. The summed E-state index contributed by atoms with van der Waals surface area (Å²) in [6.45, 7) is 4.01. The van der Waals surface area contributed by atoms with Crippen LogP contribution in [-0.4, -0.2) is 40.5 Å². The highest BCUT2D eigenvalue weighted by molar-refractivity contribution is 6.04. The first-order valence-electron chi connectivity index (χ1n) is 8.02. The number of benzene rings is 1. The fourth-order valence-electron chi connectivity index (χ4n) is 3.51. The fourth-order valence-corrected chi connectivity index (χ4v) is 3.51. The molecular formula is C18H17N5. The van der Waals surface area contributed by atoms with Crippen molar-refractivity contribution in [1.82, 2.24) is 19.7 Å². The van der Waals surface area contributed by atoms with E-state index in [1.54, 1.807) is 0 Å².